The highest BCUT2D eigenvalue weighted by Crippen LogP contribution is 2.33. The number of hydrogen-bond acceptors (Lipinski definition) is 2. The zero-order valence-corrected chi connectivity index (χ0v) is 16.5. The number of carbonyl (C=O) groups is 1. The van der Waals surface area contributed by atoms with Gasteiger partial charge in [0, 0.05) is 22.1 Å². The predicted octanol–water partition coefficient (Wildman–Crippen LogP) is 4.51. The standard InChI is InChI=1S/C21H18BrFN2O2/c1-11-7-14-8-15(22)9-17-19(14)25(11)10-18(20(17)26)21(27)24-12(2)13-3-5-16(23)6-4-13/h3-6,8-12H,7H2,1-2H3,(H,24,27)/t11-,12+/m0/s1. The van der Waals surface area contributed by atoms with Crippen molar-refractivity contribution >= 4 is 32.7 Å². The number of rotatable bonds is 3. The SMILES string of the molecule is C[C@@H](NC(=O)c1cn2c3c(cc(Br)cc3c1=O)C[C@@H]2C)c1ccc(F)cc1. The fourth-order valence-electron chi connectivity index (χ4n) is 3.73. The number of aromatic nitrogens is 1. The maximum absolute atomic E-state index is 13.1. The summed E-state index contributed by atoms with van der Waals surface area (Å²) in [6, 6.07) is 9.58. The van der Waals surface area contributed by atoms with E-state index in [1.165, 1.54) is 12.1 Å². The minimum atomic E-state index is -0.428. The molecule has 27 heavy (non-hydrogen) atoms. The van der Waals surface area contributed by atoms with Gasteiger partial charge in [0.05, 0.1) is 11.6 Å². The molecule has 1 aromatic heterocycles. The van der Waals surface area contributed by atoms with Crippen molar-refractivity contribution < 1.29 is 9.18 Å². The molecule has 4 rings (SSSR count). The first-order chi connectivity index (χ1) is 12.8. The minimum absolute atomic E-state index is 0.120. The van der Waals surface area contributed by atoms with E-state index in [9.17, 15) is 14.0 Å². The van der Waals surface area contributed by atoms with Gasteiger partial charge in [0.1, 0.15) is 11.4 Å². The van der Waals surface area contributed by atoms with Gasteiger partial charge >= 0.3 is 0 Å². The van der Waals surface area contributed by atoms with Crippen LogP contribution in [0, 0.1) is 5.82 Å². The molecule has 2 aromatic carbocycles. The summed E-state index contributed by atoms with van der Waals surface area (Å²) in [7, 11) is 0. The van der Waals surface area contributed by atoms with Crippen molar-refractivity contribution in [3.05, 3.63) is 79.8 Å². The first-order valence-electron chi connectivity index (χ1n) is 8.78. The van der Waals surface area contributed by atoms with Crippen LogP contribution in [0.4, 0.5) is 4.39 Å². The molecule has 0 saturated carbocycles. The van der Waals surface area contributed by atoms with E-state index in [0.29, 0.717) is 5.39 Å². The predicted molar refractivity (Wildman–Crippen MR) is 107 cm³/mol. The zero-order valence-electron chi connectivity index (χ0n) is 14.9. The largest absolute Gasteiger partial charge is 0.345 e. The second-order valence-corrected chi connectivity index (χ2v) is 7.96. The molecule has 1 amide bonds. The Labute approximate surface area is 164 Å². The van der Waals surface area contributed by atoms with Crippen LogP contribution in [0.1, 0.15) is 47.4 Å². The number of halogens is 2. The summed E-state index contributed by atoms with van der Waals surface area (Å²) in [5.74, 6) is -0.758. The van der Waals surface area contributed by atoms with Gasteiger partial charge in [-0.2, -0.15) is 0 Å². The molecule has 0 fully saturated rings. The number of nitrogens with zero attached hydrogens (tertiary/aromatic N) is 1. The molecule has 2 heterocycles. The van der Waals surface area contributed by atoms with Crippen LogP contribution >= 0.6 is 15.9 Å². The smallest absolute Gasteiger partial charge is 0.257 e. The van der Waals surface area contributed by atoms with Gasteiger partial charge in [0.15, 0.2) is 0 Å². The number of carbonyl (C=O) groups excluding carboxylic acids is 1. The fraction of sp³-hybridized carbons (Fsp3) is 0.238. The first-order valence-corrected chi connectivity index (χ1v) is 9.58. The molecular formula is C21H18BrFN2O2. The second kappa shape index (κ2) is 6.60. The Kier molecular flexibility index (Phi) is 4.38. The summed E-state index contributed by atoms with van der Waals surface area (Å²) < 4.78 is 15.9. The van der Waals surface area contributed by atoms with E-state index in [2.05, 4.69) is 28.2 Å². The third-order valence-corrected chi connectivity index (χ3v) is 5.58. The van der Waals surface area contributed by atoms with E-state index in [-0.39, 0.29) is 28.9 Å². The molecule has 3 aromatic rings. The lowest BCUT2D eigenvalue weighted by Crippen LogP contribution is -2.31. The van der Waals surface area contributed by atoms with Crippen LogP contribution in [-0.4, -0.2) is 10.5 Å². The fourth-order valence-corrected chi connectivity index (χ4v) is 4.24. The van der Waals surface area contributed by atoms with E-state index in [1.807, 2.05) is 10.6 Å². The Morgan fingerprint density at radius 1 is 1.30 bits per heavy atom. The molecule has 6 heteroatoms. The van der Waals surface area contributed by atoms with E-state index in [4.69, 9.17) is 0 Å². The normalized spacial score (nSPS) is 16.5. The van der Waals surface area contributed by atoms with Gasteiger partial charge in [-0.05, 0) is 55.7 Å². The number of amides is 1. The Balaban J connectivity index is 1.74. The summed E-state index contributed by atoms with van der Waals surface area (Å²) in [5.41, 5.74) is 2.62. The molecule has 1 aliphatic heterocycles. The molecule has 1 N–H and O–H groups in total. The number of benzene rings is 2. The molecule has 0 spiro atoms. The maximum atomic E-state index is 13.1. The molecule has 0 saturated heterocycles. The van der Waals surface area contributed by atoms with Crippen molar-refractivity contribution in [3.8, 4) is 0 Å². The van der Waals surface area contributed by atoms with Crippen molar-refractivity contribution in [1.82, 2.24) is 9.88 Å². The van der Waals surface area contributed by atoms with Gasteiger partial charge in [-0.1, -0.05) is 28.1 Å². The minimum Gasteiger partial charge on any atom is -0.345 e. The van der Waals surface area contributed by atoms with E-state index in [1.54, 1.807) is 31.3 Å². The maximum Gasteiger partial charge on any atom is 0.257 e. The molecule has 0 radical (unpaired) electrons. The molecule has 1 aliphatic rings. The van der Waals surface area contributed by atoms with Crippen LogP contribution in [0.5, 0.6) is 0 Å². The quantitative estimate of drug-likeness (QED) is 0.666. The number of nitrogens with one attached hydrogen (secondary N) is 1. The summed E-state index contributed by atoms with van der Waals surface area (Å²) in [6.45, 7) is 3.88. The molecule has 138 valence electrons. The monoisotopic (exact) mass is 428 g/mol. The van der Waals surface area contributed by atoms with Gasteiger partial charge in [0.2, 0.25) is 5.43 Å². The second-order valence-electron chi connectivity index (χ2n) is 7.04. The number of hydrogen-bond donors (Lipinski definition) is 1. The van der Waals surface area contributed by atoms with Crippen molar-refractivity contribution in [2.75, 3.05) is 0 Å². The van der Waals surface area contributed by atoms with Crippen LogP contribution in [0.3, 0.4) is 0 Å². The summed E-state index contributed by atoms with van der Waals surface area (Å²) in [4.78, 5) is 25.8. The van der Waals surface area contributed by atoms with Crippen LogP contribution in [0.15, 0.2) is 51.9 Å². The lowest BCUT2D eigenvalue weighted by Gasteiger charge is -2.16. The highest BCUT2D eigenvalue weighted by molar-refractivity contribution is 9.10. The molecule has 0 unspecified atom stereocenters. The number of pyridine rings is 1. The first kappa shape index (κ1) is 17.9. The van der Waals surface area contributed by atoms with Gasteiger partial charge in [-0.15, -0.1) is 0 Å². The van der Waals surface area contributed by atoms with Gasteiger partial charge in [-0.25, -0.2) is 4.39 Å². The van der Waals surface area contributed by atoms with Gasteiger partial charge in [0.25, 0.3) is 5.91 Å². The lowest BCUT2D eigenvalue weighted by molar-refractivity contribution is 0.0938. The summed E-state index contributed by atoms with van der Waals surface area (Å²) in [6.07, 6.45) is 2.49. The molecule has 0 bridgehead atoms. The van der Waals surface area contributed by atoms with Gasteiger partial charge < -0.3 is 9.88 Å². The van der Waals surface area contributed by atoms with Crippen molar-refractivity contribution in [2.24, 2.45) is 0 Å². The van der Waals surface area contributed by atoms with Gasteiger partial charge in [-0.3, -0.25) is 9.59 Å². The molecular weight excluding hydrogens is 411 g/mol. The van der Waals surface area contributed by atoms with Crippen molar-refractivity contribution in [3.63, 3.8) is 0 Å². The molecule has 0 aliphatic carbocycles. The van der Waals surface area contributed by atoms with E-state index in [0.717, 1.165) is 27.5 Å². The average Bonchev–Trinajstić information content (AvgIpc) is 2.93. The Hall–Kier alpha value is -2.47. The van der Waals surface area contributed by atoms with Crippen LogP contribution < -0.4 is 10.7 Å². The van der Waals surface area contributed by atoms with Crippen LogP contribution in [0.25, 0.3) is 10.9 Å². The third-order valence-electron chi connectivity index (χ3n) is 5.12. The highest BCUT2D eigenvalue weighted by atomic mass is 79.9. The van der Waals surface area contributed by atoms with Crippen LogP contribution in [0.2, 0.25) is 0 Å². The van der Waals surface area contributed by atoms with Crippen molar-refractivity contribution in [1.29, 1.82) is 0 Å². The average molecular weight is 429 g/mol. The Bertz CT molecular complexity index is 1120. The zero-order chi connectivity index (χ0) is 19.3. The van der Waals surface area contributed by atoms with E-state index < -0.39 is 5.91 Å². The summed E-state index contributed by atoms with van der Waals surface area (Å²) in [5, 5.41) is 3.40. The molecule has 4 nitrogen and oxygen atoms in total. The Morgan fingerprint density at radius 3 is 2.70 bits per heavy atom. The highest BCUT2D eigenvalue weighted by Gasteiger charge is 2.25. The molecule has 2 atom stereocenters. The lowest BCUT2D eigenvalue weighted by atomic mass is 10.1. The van der Waals surface area contributed by atoms with Crippen LogP contribution in [-0.2, 0) is 6.42 Å². The van der Waals surface area contributed by atoms with E-state index >= 15 is 0 Å². The third kappa shape index (κ3) is 3.08. The Morgan fingerprint density at radius 2 is 2.00 bits per heavy atom. The summed E-state index contributed by atoms with van der Waals surface area (Å²) >= 11 is 3.46. The topological polar surface area (TPSA) is 51.1 Å². The van der Waals surface area contributed by atoms with Crippen molar-refractivity contribution in [2.45, 2.75) is 32.4 Å².